The summed E-state index contributed by atoms with van der Waals surface area (Å²) in [5.41, 5.74) is 7.37. The summed E-state index contributed by atoms with van der Waals surface area (Å²) in [7, 11) is 1.59. The molecule has 2 aromatic carbocycles. The third kappa shape index (κ3) is 3.56. The van der Waals surface area contributed by atoms with Crippen LogP contribution in [0.15, 0.2) is 54.6 Å². The Morgan fingerprint density at radius 1 is 1.05 bits per heavy atom. The molecule has 0 aromatic heterocycles. The van der Waals surface area contributed by atoms with Crippen molar-refractivity contribution in [3.63, 3.8) is 0 Å². The third-order valence-electron chi connectivity index (χ3n) is 2.82. The number of carbonyl (C=O) groups excluding carboxylic acids is 1. The van der Waals surface area contributed by atoms with E-state index in [1.54, 1.807) is 31.4 Å². The van der Waals surface area contributed by atoms with Gasteiger partial charge in [0, 0.05) is 5.56 Å². The Bertz CT molecular complexity index is 526. The van der Waals surface area contributed by atoms with Crippen LogP contribution in [0, 0.1) is 0 Å². The van der Waals surface area contributed by atoms with E-state index in [9.17, 15) is 4.79 Å². The molecule has 0 spiro atoms. The zero-order chi connectivity index (χ0) is 13.0. The van der Waals surface area contributed by atoms with Crippen molar-refractivity contribution in [1.29, 1.82) is 0 Å². The number of benzene rings is 2. The summed E-state index contributed by atoms with van der Waals surface area (Å²) in [5.74, 6) is 0.628. The van der Waals surface area contributed by atoms with Gasteiger partial charge in [-0.1, -0.05) is 30.3 Å². The number of rotatable bonds is 4. The molecule has 0 fully saturated rings. The van der Waals surface area contributed by atoms with E-state index < -0.39 is 6.04 Å². The van der Waals surface area contributed by atoms with Crippen LogP contribution in [0.3, 0.4) is 0 Å². The molecule has 3 nitrogen and oxygen atoms in total. The molecule has 0 aliphatic heterocycles. The smallest absolute Gasteiger partial charge is 0.184 e. The first-order chi connectivity index (χ1) is 8.72. The quantitative estimate of drug-likeness (QED) is 0.874. The average molecular weight is 278 g/mol. The Morgan fingerprint density at radius 2 is 1.63 bits per heavy atom. The summed E-state index contributed by atoms with van der Waals surface area (Å²) in [6.45, 7) is 0. The van der Waals surface area contributed by atoms with E-state index in [2.05, 4.69) is 0 Å². The normalized spacial score (nSPS) is 11.3. The Labute approximate surface area is 118 Å². The number of Topliss-reactive ketones (excluding diaryl/α,β-unsaturated/α-hetero) is 1. The average Bonchev–Trinajstić information content (AvgIpc) is 2.47. The van der Waals surface area contributed by atoms with Crippen LogP contribution in [-0.2, 0) is 0 Å². The lowest BCUT2D eigenvalue weighted by Crippen LogP contribution is -2.21. The first kappa shape index (κ1) is 15.2. The molecular weight excluding hydrogens is 262 g/mol. The summed E-state index contributed by atoms with van der Waals surface area (Å²) < 4.78 is 5.05. The van der Waals surface area contributed by atoms with Gasteiger partial charge >= 0.3 is 0 Å². The highest BCUT2D eigenvalue weighted by Gasteiger charge is 2.17. The van der Waals surface area contributed by atoms with Crippen molar-refractivity contribution in [2.75, 3.05) is 7.11 Å². The van der Waals surface area contributed by atoms with Crippen LogP contribution in [0.25, 0.3) is 0 Å². The van der Waals surface area contributed by atoms with Crippen LogP contribution in [0.5, 0.6) is 5.75 Å². The fourth-order valence-electron chi connectivity index (χ4n) is 1.75. The van der Waals surface area contributed by atoms with Gasteiger partial charge in [0.25, 0.3) is 0 Å². The molecule has 0 bridgehead atoms. The van der Waals surface area contributed by atoms with Gasteiger partial charge < -0.3 is 10.5 Å². The fraction of sp³-hybridized carbons (Fsp3) is 0.133. The lowest BCUT2D eigenvalue weighted by molar-refractivity contribution is 0.0961. The maximum atomic E-state index is 12.2. The van der Waals surface area contributed by atoms with Crippen molar-refractivity contribution in [2.45, 2.75) is 6.04 Å². The molecule has 0 aliphatic carbocycles. The molecule has 2 N–H and O–H groups in total. The van der Waals surface area contributed by atoms with Crippen LogP contribution >= 0.6 is 12.4 Å². The lowest BCUT2D eigenvalue weighted by atomic mass is 9.98. The van der Waals surface area contributed by atoms with E-state index in [0.29, 0.717) is 5.56 Å². The first-order valence-corrected chi connectivity index (χ1v) is 5.71. The SMILES string of the molecule is COc1ccc(C(=O)C(N)c2ccccc2)cc1.Cl. The monoisotopic (exact) mass is 277 g/mol. The number of hydrogen-bond donors (Lipinski definition) is 1. The van der Waals surface area contributed by atoms with E-state index >= 15 is 0 Å². The second-order valence-electron chi connectivity index (χ2n) is 3.98. The van der Waals surface area contributed by atoms with Crippen molar-refractivity contribution >= 4 is 18.2 Å². The van der Waals surface area contributed by atoms with Crippen molar-refractivity contribution in [2.24, 2.45) is 5.73 Å². The molecule has 4 heteroatoms. The van der Waals surface area contributed by atoms with Crippen LogP contribution in [-0.4, -0.2) is 12.9 Å². The van der Waals surface area contributed by atoms with Gasteiger partial charge in [-0.2, -0.15) is 0 Å². The zero-order valence-corrected chi connectivity index (χ0v) is 11.4. The van der Waals surface area contributed by atoms with Gasteiger partial charge in [-0.25, -0.2) is 0 Å². The summed E-state index contributed by atoms with van der Waals surface area (Å²) in [6, 6.07) is 15.7. The number of carbonyl (C=O) groups is 1. The number of methoxy groups -OCH3 is 1. The van der Waals surface area contributed by atoms with Gasteiger partial charge in [0.05, 0.1) is 13.2 Å². The van der Waals surface area contributed by atoms with Gasteiger partial charge in [0.1, 0.15) is 5.75 Å². The first-order valence-electron chi connectivity index (χ1n) is 5.71. The summed E-state index contributed by atoms with van der Waals surface area (Å²) in [4.78, 5) is 12.2. The Kier molecular flexibility index (Phi) is 5.55. The molecular formula is C15H16ClNO2. The number of ether oxygens (including phenoxy) is 1. The Hall–Kier alpha value is -1.84. The highest BCUT2D eigenvalue weighted by Crippen LogP contribution is 2.18. The predicted molar refractivity (Wildman–Crippen MR) is 77.9 cm³/mol. The fourth-order valence-corrected chi connectivity index (χ4v) is 1.75. The number of hydrogen-bond acceptors (Lipinski definition) is 3. The molecule has 0 saturated carbocycles. The van der Waals surface area contributed by atoms with Gasteiger partial charge in [0.2, 0.25) is 0 Å². The maximum Gasteiger partial charge on any atom is 0.184 e. The molecule has 0 amide bonds. The molecule has 0 heterocycles. The number of ketones is 1. The van der Waals surface area contributed by atoms with E-state index in [4.69, 9.17) is 10.5 Å². The van der Waals surface area contributed by atoms with Crippen LogP contribution in [0.1, 0.15) is 22.0 Å². The number of nitrogens with two attached hydrogens (primary N) is 1. The van der Waals surface area contributed by atoms with Gasteiger partial charge in [-0.05, 0) is 29.8 Å². The molecule has 0 saturated heterocycles. The number of halogens is 1. The molecule has 1 unspecified atom stereocenters. The van der Waals surface area contributed by atoms with E-state index in [1.807, 2.05) is 30.3 Å². The van der Waals surface area contributed by atoms with Crippen LogP contribution in [0.4, 0.5) is 0 Å². The molecule has 1 atom stereocenters. The van der Waals surface area contributed by atoms with E-state index in [1.165, 1.54) is 0 Å². The van der Waals surface area contributed by atoms with E-state index in [-0.39, 0.29) is 18.2 Å². The van der Waals surface area contributed by atoms with Crippen LogP contribution in [0.2, 0.25) is 0 Å². The highest BCUT2D eigenvalue weighted by molar-refractivity contribution is 6.00. The van der Waals surface area contributed by atoms with Crippen molar-refractivity contribution in [1.82, 2.24) is 0 Å². The summed E-state index contributed by atoms with van der Waals surface area (Å²) in [6.07, 6.45) is 0. The molecule has 2 rings (SSSR count). The molecule has 2 aromatic rings. The van der Waals surface area contributed by atoms with Gasteiger partial charge in [0.15, 0.2) is 5.78 Å². The lowest BCUT2D eigenvalue weighted by Gasteiger charge is -2.11. The Morgan fingerprint density at radius 3 is 2.16 bits per heavy atom. The highest BCUT2D eigenvalue weighted by atomic mass is 35.5. The third-order valence-corrected chi connectivity index (χ3v) is 2.82. The molecule has 0 aliphatic rings. The standard InChI is InChI=1S/C15H15NO2.ClH/c1-18-13-9-7-12(8-10-13)15(17)14(16)11-5-3-2-4-6-11;/h2-10,14H,16H2,1H3;1H. The zero-order valence-electron chi connectivity index (χ0n) is 10.6. The Balaban J connectivity index is 0.00000180. The van der Waals surface area contributed by atoms with E-state index in [0.717, 1.165) is 11.3 Å². The molecule has 0 radical (unpaired) electrons. The predicted octanol–water partition coefficient (Wildman–Crippen LogP) is 3.00. The molecule has 100 valence electrons. The summed E-state index contributed by atoms with van der Waals surface area (Å²) >= 11 is 0. The minimum absolute atomic E-state index is 0. The minimum atomic E-state index is -0.625. The second-order valence-corrected chi connectivity index (χ2v) is 3.98. The topological polar surface area (TPSA) is 52.3 Å². The van der Waals surface area contributed by atoms with Gasteiger partial charge in [-0.15, -0.1) is 12.4 Å². The summed E-state index contributed by atoms with van der Waals surface area (Å²) in [5, 5.41) is 0. The van der Waals surface area contributed by atoms with Crippen molar-refractivity contribution < 1.29 is 9.53 Å². The molecule has 19 heavy (non-hydrogen) atoms. The largest absolute Gasteiger partial charge is 0.497 e. The maximum absolute atomic E-state index is 12.2. The van der Waals surface area contributed by atoms with Crippen molar-refractivity contribution in [3.05, 3.63) is 65.7 Å². The van der Waals surface area contributed by atoms with Crippen molar-refractivity contribution in [3.8, 4) is 5.75 Å². The second kappa shape index (κ2) is 6.92. The van der Waals surface area contributed by atoms with Crippen LogP contribution < -0.4 is 10.5 Å². The van der Waals surface area contributed by atoms with Gasteiger partial charge in [-0.3, -0.25) is 4.79 Å². The minimum Gasteiger partial charge on any atom is -0.497 e.